The maximum Gasteiger partial charge on any atom is 0.170 e. The number of anilines is 1. The van der Waals surface area contributed by atoms with E-state index in [4.69, 9.17) is 28.6 Å². The first-order valence-corrected chi connectivity index (χ1v) is 9.12. The topological polar surface area (TPSA) is 33.3 Å². The van der Waals surface area contributed by atoms with E-state index in [2.05, 4.69) is 10.6 Å². The highest BCUT2D eigenvalue weighted by Gasteiger charge is 2.02. The average molecular weight is 385 g/mol. The van der Waals surface area contributed by atoms with E-state index >= 15 is 0 Å². The predicted molar refractivity (Wildman–Crippen MR) is 104 cm³/mol. The van der Waals surface area contributed by atoms with Gasteiger partial charge in [0.25, 0.3) is 0 Å². The van der Waals surface area contributed by atoms with Gasteiger partial charge in [0.1, 0.15) is 11.6 Å². The van der Waals surface area contributed by atoms with E-state index in [0.29, 0.717) is 10.8 Å². The van der Waals surface area contributed by atoms with E-state index in [9.17, 15) is 4.39 Å². The highest BCUT2D eigenvalue weighted by atomic mass is 35.5. The number of rotatable bonds is 7. The molecule has 2 rings (SSSR count). The van der Waals surface area contributed by atoms with Crippen molar-refractivity contribution >= 4 is 46.4 Å². The van der Waals surface area contributed by atoms with E-state index in [1.807, 2.05) is 24.3 Å². The molecular weight excluding hydrogens is 367 g/mol. The fourth-order valence-corrected chi connectivity index (χ4v) is 3.14. The molecule has 0 atom stereocenters. The van der Waals surface area contributed by atoms with Crippen molar-refractivity contribution < 1.29 is 9.13 Å². The summed E-state index contributed by atoms with van der Waals surface area (Å²) in [5.74, 6) is 1.39. The van der Waals surface area contributed by atoms with Crippen molar-refractivity contribution in [3.05, 3.63) is 53.3 Å². The lowest BCUT2D eigenvalue weighted by molar-refractivity contribution is 0.414. The third kappa shape index (κ3) is 6.19. The lowest BCUT2D eigenvalue weighted by Gasteiger charge is -2.11. The molecule has 0 amide bonds. The molecule has 0 heterocycles. The summed E-state index contributed by atoms with van der Waals surface area (Å²) in [7, 11) is 1.66. The maximum absolute atomic E-state index is 13.1. The molecule has 2 aromatic carbocycles. The number of thiocarbonyl (C=S) groups is 1. The summed E-state index contributed by atoms with van der Waals surface area (Å²) >= 11 is 12.7. The SMILES string of the molecule is COc1ccc(SCCCNC(=S)Nc2ccc(F)c(Cl)c2)cc1. The molecule has 3 nitrogen and oxygen atoms in total. The van der Waals surface area contributed by atoms with Crippen LogP contribution in [-0.4, -0.2) is 24.5 Å². The molecule has 0 aliphatic carbocycles. The fourth-order valence-electron chi connectivity index (χ4n) is 1.89. The summed E-state index contributed by atoms with van der Waals surface area (Å²) < 4.78 is 18.2. The number of halogens is 2. The van der Waals surface area contributed by atoms with Gasteiger partial charge < -0.3 is 15.4 Å². The summed E-state index contributed by atoms with van der Waals surface area (Å²) in [6.07, 6.45) is 0.961. The third-order valence-corrected chi connectivity index (χ3v) is 4.75. The van der Waals surface area contributed by atoms with Crippen LogP contribution >= 0.6 is 35.6 Å². The Labute approximate surface area is 155 Å². The Hall–Kier alpha value is -1.50. The van der Waals surface area contributed by atoms with Crippen LogP contribution in [0, 0.1) is 5.82 Å². The van der Waals surface area contributed by atoms with Crippen molar-refractivity contribution in [3.63, 3.8) is 0 Å². The monoisotopic (exact) mass is 384 g/mol. The zero-order chi connectivity index (χ0) is 17.4. The lowest BCUT2D eigenvalue weighted by atomic mass is 10.3. The van der Waals surface area contributed by atoms with Gasteiger partial charge in [-0.25, -0.2) is 4.39 Å². The van der Waals surface area contributed by atoms with E-state index in [0.717, 1.165) is 24.5 Å². The number of hydrogen-bond donors (Lipinski definition) is 2. The average Bonchev–Trinajstić information content (AvgIpc) is 2.58. The zero-order valence-corrected chi connectivity index (χ0v) is 15.5. The first-order chi connectivity index (χ1) is 11.6. The number of hydrogen-bond acceptors (Lipinski definition) is 3. The zero-order valence-electron chi connectivity index (χ0n) is 13.1. The summed E-state index contributed by atoms with van der Waals surface area (Å²) in [4.78, 5) is 1.21. The van der Waals surface area contributed by atoms with E-state index in [1.54, 1.807) is 24.9 Å². The van der Waals surface area contributed by atoms with Crippen LogP contribution in [0.4, 0.5) is 10.1 Å². The number of thioether (sulfide) groups is 1. The van der Waals surface area contributed by atoms with Gasteiger partial charge in [-0.05, 0) is 66.9 Å². The standard InChI is InChI=1S/C17H18ClFN2OS2/c1-22-13-4-6-14(7-5-13)24-10-2-9-20-17(23)21-12-3-8-16(19)15(18)11-12/h3-8,11H,2,9-10H2,1H3,(H2,20,21,23). The molecule has 0 unspecified atom stereocenters. The van der Waals surface area contributed by atoms with Crippen LogP contribution in [0.1, 0.15) is 6.42 Å². The number of nitrogens with one attached hydrogen (secondary N) is 2. The summed E-state index contributed by atoms with van der Waals surface area (Å²) in [5, 5.41) is 6.66. The minimum Gasteiger partial charge on any atom is -0.497 e. The van der Waals surface area contributed by atoms with Crippen LogP contribution in [0.25, 0.3) is 0 Å². The summed E-state index contributed by atoms with van der Waals surface area (Å²) in [5.41, 5.74) is 0.659. The van der Waals surface area contributed by atoms with Crippen LogP contribution in [0.3, 0.4) is 0 Å². The summed E-state index contributed by atoms with van der Waals surface area (Å²) in [6, 6.07) is 12.4. The minimum absolute atomic E-state index is 0.0682. The van der Waals surface area contributed by atoms with Gasteiger partial charge in [-0.15, -0.1) is 11.8 Å². The minimum atomic E-state index is -0.448. The molecule has 2 N–H and O–H groups in total. The van der Waals surface area contributed by atoms with Crippen molar-refractivity contribution in [2.75, 3.05) is 24.7 Å². The first-order valence-electron chi connectivity index (χ1n) is 7.35. The van der Waals surface area contributed by atoms with Crippen LogP contribution in [0.5, 0.6) is 5.75 Å². The second-order valence-corrected chi connectivity index (χ2v) is 6.87. The van der Waals surface area contributed by atoms with Crippen LogP contribution in [0.15, 0.2) is 47.4 Å². The Kier molecular flexibility index (Phi) is 7.62. The van der Waals surface area contributed by atoms with Crippen molar-refractivity contribution in [2.45, 2.75) is 11.3 Å². The van der Waals surface area contributed by atoms with E-state index < -0.39 is 5.82 Å². The molecule has 0 aliphatic rings. The quantitative estimate of drug-likeness (QED) is 0.400. The largest absolute Gasteiger partial charge is 0.497 e. The molecule has 0 fully saturated rings. The Balaban J connectivity index is 1.64. The second-order valence-electron chi connectivity index (χ2n) is 4.89. The van der Waals surface area contributed by atoms with E-state index in [1.165, 1.54) is 17.0 Å². The smallest absolute Gasteiger partial charge is 0.170 e. The molecule has 0 saturated heterocycles. The first kappa shape index (κ1) is 18.8. The highest BCUT2D eigenvalue weighted by molar-refractivity contribution is 7.99. The molecule has 0 spiro atoms. The van der Waals surface area contributed by atoms with Gasteiger partial charge in [0.2, 0.25) is 0 Å². The molecule has 0 bridgehead atoms. The highest BCUT2D eigenvalue weighted by Crippen LogP contribution is 2.22. The van der Waals surface area contributed by atoms with Gasteiger partial charge in [0.05, 0.1) is 12.1 Å². The van der Waals surface area contributed by atoms with E-state index in [-0.39, 0.29) is 5.02 Å². The van der Waals surface area contributed by atoms with Crippen LogP contribution in [-0.2, 0) is 0 Å². The van der Waals surface area contributed by atoms with Crippen molar-refractivity contribution in [1.82, 2.24) is 5.32 Å². The lowest BCUT2D eigenvalue weighted by Crippen LogP contribution is -2.29. The van der Waals surface area contributed by atoms with Gasteiger partial charge in [-0.3, -0.25) is 0 Å². The van der Waals surface area contributed by atoms with Gasteiger partial charge in [-0.1, -0.05) is 11.6 Å². The second kappa shape index (κ2) is 9.71. The van der Waals surface area contributed by atoms with Crippen molar-refractivity contribution in [3.8, 4) is 5.75 Å². The van der Waals surface area contributed by atoms with Crippen LogP contribution < -0.4 is 15.4 Å². The van der Waals surface area contributed by atoms with Gasteiger partial charge in [0.15, 0.2) is 5.11 Å². The number of methoxy groups -OCH3 is 1. The predicted octanol–water partition coefficient (Wildman–Crippen LogP) is 4.96. The third-order valence-electron chi connectivity index (χ3n) is 3.11. The van der Waals surface area contributed by atoms with Gasteiger partial charge >= 0.3 is 0 Å². The number of benzene rings is 2. The molecule has 0 aromatic heterocycles. The molecular formula is C17H18ClFN2OS2. The summed E-state index contributed by atoms with van der Waals surface area (Å²) in [6.45, 7) is 0.754. The van der Waals surface area contributed by atoms with Gasteiger partial charge in [0, 0.05) is 17.1 Å². The molecule has 24 heavy (non-hydrogen) atoms. The Morgan fingerprint density at radius 1 is 1.25 bits per heavy atom. The Bertz CT molecular complexity index is 683. The molecule has 0 radical (unpaired) electrons. The molecule has 0 aliphatic heterocycles. The van der Waals surface area contributed by atoms with Gasteiger partial charge in [-0.2, -0.15) is 0 Å². The Morgan fingerprint density at radius 2 is 2.00 bits per heavy atom. The fraction of sp³-hybridized carbons (Fsp3) is 0.235. The Morgan fingerprint density at radius 3 is 2.67 bits per heavy atom. The normalized spacial score (nSPS) is 10.3. The maximum atomic E-state index is 13.1. The molecule has 0 saturated carbocycles. The number of ether oxygens (including phenoxy) is 1. The van der Waals surface area contributed by atoms with Crippen molar-refractivity contribution in [2.24, 2.45) is 0 Å². The van der Waals surface area contributed by atoms with Crippen LogP contribution in [0.2, 0.25) is 5.02 Å². The van der Waals surface area contributed by atoms with Crippen molar-refractivity contribution in [1.29, 1.82) is 0 Å². The molecule has 2 aromatic rings. The molecule has 128 valence electrons. The molecule has 7 heteroatoms.